The highest BCUT2D eigenvalue weighted by molar-refractivity contribution is 5.99. The molecule has 0 atom stereocenters. The molecule has 3 heteroatoms. The third kappa shape index (κ3) is 4.76. The summed E-state index contributed by atoms with van der Waals surface area (Å²) < 4.78 is 0. The van der Waals surface area contributed by atoms with Gasteiger partial charge in [-0.3, -0.25) is 4.79 Å². The van der Waals surface area contributed by atoms with E-state index >= 15 is 0 Å². The first-order valence-electron chi connectivity index (χ1n) is 8.33. The van der Waals surface area contributed by atoms with Gasteiger partial charge in [0.2, 0.25) is 0 Å². The van der Waals surface area contributed by atoms with Crippen molar-refractivity contribution in [1.82, 2.24) is 5.32 Å². The molecule has 0 aliphatic heterocycles. The standard InChI is InChI=1S/C18H28N2O/c1-3-11-19-17-12-14(2)9-10-16(17)18(21)20-13-15-7-5-4-6-8-15/h9-10,12,15,19H,3-8,11,13H2,1-2H3,(H,20,21). The Balaban J connectivity index is 1.96. The minimum Gasteiger partial charge on any atom is -0.384 e. The van der Waals surface area contributed by atoms with Crippen molar-refractivity contribution in [1.29, 1.82) is 0 Å². The molecule has 1 aliphatic rings. The van der Waals surface area contributed by atoms with Crippen molar-refractivity contribution in [2.24, 2.45) is 5.92 Å². The fraction of sp³-hybridized carbons (Fsp3) is 0.611. The lowest BCUT2D eigenvalue weighted by atomic mass is 9.89. The van der Waals surface area contributed by atoms with Gasteiger partial charge in [-0.05, 0) is 49.8 Å². The SMILES string of the molecule is CCCNc1cc(C)ccc1C(=O)NCC1CCCCC1. The maximum atomic E-state index is 12.4. The summed E-state index contributed by atoms with van der Waals surface area (Å²) in [7, 11) is 0. The molecule has 0 bridgehead atoms. The molecule has 1 aromatic carbocycles. The molecule has 2 N–H and O–H groups in total. The summed E-state index contributed by atoms with van der Waals surface area (Å²) in [5.41, 5.74) is 2.90. The highest BCUT2D eigenvalue weighted by Gasteiger charge is 2.16. The Kier molecular flexibility index (Phi) is 6.09. The topological polar surface area (TPSA) is 41.1 Å². The molecule has 0 spiro atoms. The van der Waals surface area contributed by atoms with Gasteiger partial charge in [-0.25, -0.2) is 0 Å². The van der Waals surface area contributed by atoms with E-state index in [1.165, 1.54) is 37.7 Å². The fourth-order valence-electron chi connectivity index (χ4n) is 2.99. The summed E-state index contributed by atoms with van der Waals surface area (Å²) in [4.78, 5) is 12.4. The number of carbonyl (C=O) groups is 1. The van der Waals surface area contributed by atoms with E-state index in [-0.39, 0.29) is 5.91 Å². The quantitative estimate of drug-likeness (QED) is 0.826. The van der Waals surface area contributed by atoms with Crippen LogP contribution in [-0.2, 0) is 0 Å². The molecule has 0 heterocycles. The number of nitrogens with one attached hydrogen (secondary N) is 2. The van der Waals surface area contributed by atoms with Crippen LogP contribution >= 0.6 is 0 Å². The van der Waals surface area contributed by atoms with Crippen molar-refractivity contribution in [3.8, 4) is 0 Å². The first-order valence-corrected chi connectivity index (χ1v) is 8.33. The Hall–Kier alpha value is -1.51. The van der Waals surface area contributed by atoms with Gasteiger partial charge in [0.1, 0.15) is 0 Å². The second-order valence-electron chi connectivity index (χ2n) is 6.19. The van der Waals surface area contributed by atoms with E-state index < -0.39 is 0 Å². The van der Waals surface area contributed by atoms with Crippen LogP contribution in [0.15, 0.2) is 18.2 Å². The lowest BCUT2D eigenvalue weighted by molar-refractivity contribution is 0.0944. The van der Waals surface area contributed by atoms with E-state index in [1.807, 2.05) is 12.1 Å². The molecule has 21 heavy (non-hydrogen) atoms. The predicted octanol–water partition coefficient (Wildman–Crippen LogP) is 4.13. The Labute approximate surface area is 128 Å². The van der Waals surface area contributed by atoms with Crippen LogP contribution in [0.25, 0.3) is 0 Å². The lowest BCUT2D eigenvalue weighted by Gasteiger charge is -2.22. The molecular formula is C18H28N2O. The summed E-state index contributed by atoms with van der Waals surface area (Å²) >= 11 is 0. The normalized spacial score (nSPS) is 15.7. The number of hydrogen-bond donors (Lipinski definition) is 2. The van der Waals surface area contributed by atoms with Gasteiger partial charge in [0, 0.05) is 18.8 Å². The average molecular weight is 288 g/mol. The van der Waals surface area contributed by atoms with Crippen molar-refractivity contribution >= 4 is 11.6 Å². The smallest absolute Gasteiger partial charge is 0.253 e. The molecule has 1 aromatic rings. The van der Waals surface area contributed by atoms with E-state index in [1.54, 1.807) is 0 Å². The zero-order valence-corrected chi connectivity index (χ0v) is 13.4. The maximum Gasteiger partial charge on any atom is 0.253 e. The first-order chi connectivity index (χ1) is 10.2. The Morgan fingerprint density at radius 2 is 2.00 bits per heavy atom. The molecule has 116 valence electrons. The van der Waals surface area contributed by atoms with Crippen molar-refractivity contribution in [2.75, 3.05) is 18.4 Å². The van der Waals surface area contributed by atoms with Crippen LogP contribution in [0, 0.1) is 12.8 Å². The molecule has 1 aliphatic carbocycles. The van der Waals surface area contributed by atoms with Crippen LogP contribution in [0.5, 0.6) is 0 Å². The number of carbonyl (C=O) groups excluding carboxylic acids is 1. The monoisotopic (exact) mass is 288 g/mol. The molecule has 1 saturated carbocycles. The van der Waals surface area contributed by atoms with Crippen LogP contribution in [0.2, 0.25) is 0 Å². The highest BCUT2D eigenvalue weighted by atomic mass is 16.1. The minimum absolute atomic E-state index is 0.0548. The minimum atomic E-state index is 0.0548. The van der Waals surface area contributed by atoms with Gasteiger partial charge in [-0.15, -0.1) is 0 Å². The second kappa shape index (κ2) is 8.06. The summed E-state index contributed by atoms with van der Waals surface area (Å²) in [6.45, 7) is 5.90. The summed E-state index contributed by atoms with van der Waals surface area (Å²) in [6, 6.07) is 6.00. The first kappa shape index (κ1) is 15.9. The summed E-state index contributed by atoms with van der Waals surface area (Å²) in [6.07, 6.45) is 7.55. The highest BCUT2D eigenvalue weighted by Crippen LogP contribution is 2.23. The maximum absolute atomic E-state index is 12.4. The molecule has 1 fully saturated rings. The van der Waals surface area contributed by atoms with E-state index in [0.29, 0.717) is 5.92 Å². The van der Waals surface area contributed by atoms with E-state index in [4.69, 9.17) is 0 Å². The van der Waals surface area contributed by atoms with Gasteiger partial charge >= 0.3 is 0 Å². The number of benzene rings is 1. The van der Waals surface area contributed by atoms with Crippen LogP contribution in [-0.4, -0.2) is 19.0 Å². The van der Waals surface area contributed by atoms with Crippen LogP contribution < -0.4 is 10.6 Å². The van der Waals surface area contributed by atoms with Gasteiger partial charge < -0.3 is 10.6 Å². The van der Waals surface area contributed by atoms with Crippen LogP contribution in [0.4, 0.5) is 5.69 Å². The van der Waals surface area contributed by atoms with Gasteiger partial charge in [0.05, 0.1) is 5.56 Å². The summed E-state index contributed by atoms with van der Waals surface area (Å²) in [5, 5.41) is 6.49. The van der Waals surface area contributed by atoms with Crippen LogP contribution in [0.3, 0.4) is 0 Å². The lowest BCUT2D eigenvalue weighted by Crippen LogP contribution is -2.30. The van der Waals surface area contributed by atoms with Gasteiger partial charge in [0.25, 0.3) is 5.91 Å². The Morgan fingerprint density at radius 3 is 2.71 bits per heavy atom. The number of anilines is 1. The van der Waals surface area contributed by atoms with Gasteiger partial charge in [0.15, 0.2) is 0 Å². The number of rotatable bonds is 6. The summed E-state index contributed by atoms with van der Waals surface area (Å²) in [5.74, 6) is 0.722. The molecular weight excluding hydrogens is 260 g/mol. The van der Waals surface area contributed by atoms with Crippen molar-refractivity contribution in [2.45, 2.75) is 52.4 Å². The Bertz CT molecular complexity index is 464. The fourth-order valence-corrected chi connectivity index (χ4v) is 2.99. The zero-order valence-electron chi connectivity index (χ0n) is 13.4. The van der Waals surface area contributed by atoms with E-state index in [9.17, 15) is 4.79 Å². The Morgan fingerprint density at radius 1 is 1.24 bits per heavy atom. The van der Waals surface area contributed by atoms with Crippen molar-refractivity contribution < 1.29 is 4.79 Å². The van der Waals surface area contributed by atoms with Gasteiger partial charge in [-0.2, -0.15) is 0 Å². The molecule has 3 nitrogen and oxygen atoms in total. The van der Waals surface area contributed by atoms with Crippen molar-refractivity contribution in [3.05, 3.63) is 29.3 Å². The molecule has 0 aromatic heterocycles. The molecule has 2 rings (SSSR count). The largest absolute Gasteiger partial charge is 0.384 e. The van der Waals surface area contributed by atoms with Crippen molar-refractivity contribution in [3.63, 3.8) is 0 Å². The van der Waals surface area contributed by atoms with E-state index in [2.05, 4.69) is 30.5 Å². The molecule has 0 saturated heterocycles. The van der Waals surface area contributed by atoms with E-state index in [0.717, 1.165) is 30.8 Å². The predicted molar refractivity (Wildman–Crippen MR) is 88.9 cm³/mol. The zero-order chi connectivity index (χ0) is 15.1. The third-order valence-electron chi connectivity index (χ3n) is 4.26. The van der Waals surface area contributed by atoms with Gasteiger partial charge in [-0.1, -0.05) is 32.3 Å². The van der Waals surface area contributed by atoms with Crippen LogP contribution in [0.1, 0.15) is 61.4 Å². The molecule has 1 amide bonds. The molecule has 0 radical (unpaired) electrons. The third-order valence-corrected chi connectivity index (χ3v) is 4.26. The number of hydrogen-bond acceptors (Lipinski definition) is 2. The number of amides is 1. The molecule has 0 unspecified atom stereocenters. The number of aryl methyl sites for hydroxylation is 1. The second-order valence-corrected chi connectivity index (χ2v) is 6.19. The average Bonchev–Trinajstić information content (AvgIpc) is 2.51.